The molecule has 150 valence electrons. The van der Waals surface area contributed by atoms with Gasteiger partial charge in [-0.25, -0.2) is 0 Å². The zero-order valence-electron chi connectivity index (χ0n) is 17.5. The van der Waals surface area contributed by atoms with Gasteiger partial charge < -0.3 is 14.1 Å². The van der Waals surface area contributed by atoms with Gasteiger partial charge in [0.25, 0.3) is 0 Å². The number of methoxy groups -OCH3 is 1. The fourth-order valence-corrected chi connectivity index (χ4v) is 4.66. The molecule has 1 aliphatic rings. The maximum absolute atomic E-state index is 13.2. The van der Waals surface area contributed by atoms with Crippen LogP contribution in [0, 0.1) is 0 Å². The van der Waals surface area contributed by atoms with Crippen LogP contribution >= 0.6 is 0 Å². The van der Waals surface area contributed by atoms with Crippen LogP contribution in [0.2, 0.25) is 0 Å². The number of likely N-dealkylation sites (N-methyl/N-ethyl adjacent to an activating group) is 1. The van der Waals surface area contributed by atoms with Crippen molar-refractivity contribution in [2.45, 2.75) is 19.3 Å². The number of hydrogen-bond donors (Lipinski definition) is 0. The van der Waals surface area contributed by atoms with Crippen molar-refractivity contribution in [3.8, 4) is 5.75 Å². The number of rotatable bonds is 2. The Balaban J connectivity index is 1.73. The van der Waals surface area contributed by atoms with Crippen molar-refractivity contribution in [3.63, 3.8) is 0 Å². The predicted octanol–water partition coefficient (Wildman–Crippen LogP) is 4.77. The summed E-state index contributed by atoms with van der Waals surface area (Å²) >= 11 is 0. The molecule has 0 radical (unpaired) electrons. The molecule has 0 bridgehead atoms. The zero-order valence-corrected chi connectivity index (χ0v) is 17.5. The number of anilines is 1. The number of hydrogen-bond acceptors (Lipinski definition) is 4. The minimum Gasteiger partial charge on any atom is -0.496 e. The van der Waals surface area contributed by atoms with E-state index in [0.717, 1.165) is 22.2 Å². The number of ether oxygens (including phenoxy) is 1. The predicted molar refractivity (Wildman–Crippen MR) is 122 cm³/mol. The number of benzene rings is 3. The Kier molecular flexibility index (Phi) is 4.00. The van der Waals surface area contributed by atoms with Crippen molar-refractivity contribution in [3.05, 3.63) is 87.6 Å². The minimum absolute atomic E-state index is 0.117. The van der Waals surface area contributed by atoms with Crippen LogP contribution in [0.1, 0.15) is 19.4 Å². The summed E-state index contributed by atoms with van der Waals surface area (Å²) in [6, 6.07) is 17.8. The van der Waals surface area contributed by atoms with Gasteiger partial charge in [0, 0.05) is 40.0 Å². The molecule has 4 nitrogen and oxygen atoms in total. The lowest BCUT2D eigenvalue weighted by Crippen LogP contribution is -2.25. The van der Waals surface area contributed by atoms with Gasteiger partial charge in [0.05, 0.1) is 7.11 Å². The molecule has 1 aromatic heterocycles. The van der Waals surface area contributed by atoms with E-state index in [1.54, 1.807) is 13.2 Å². The summed E-state index contributed by atoms with van der Waals surface area (Å²) in [4.78, 5) is 15.4. The Labute approximate surface area is 174 Å². The average Bonchev–Trinajstić information content (AvgIpc) is 2.95. The van der Waals surface area contributed by atoms with Crippen molar-refractivity contribution >= 4 is 33.5 Å². The first-order chi connectivity index (χ1) is 14.4. The van der Waals surface area contributed by atoms with Crippen molar-refractivity contribution < 1.29 is 9.15 Å². The Morgan fingerprint density at radius 2 is 1.77 bits per heavy atom. The quantitative estimate of drug-likeness (QED) is 0.489. The molecule has 3 aromatic carbocycles. The van der Waals surface area contributed by atoms with Gasteiger partial charge in [-0.2, -0.15) is 0 Å². The Morgan fingerprint density at radius 3 is 2.53 bits per heavy atom. The maximum Gasteiger partial charge on any atom is 0.228 e. The first-order valence-corrected chi connectivity index (χ1v) is 10.0. The van der Waals surface area contributed by atoms with Crippen LogP contribution < -0.4 is 20.5 Å². The molecule has 0 saturated carbocycles. The average molecular weight is 397 g/mol. The number of nitrogens with zero attached hydrogens (tertiary/aromatic N) is 1. The maximum atomic E-state index is 13.2. The monoisotopic (exact) mass is 397 g/mol. The second-order valence-electron chi connectivity index (χ2n) is 8.21. The molecule has 2 heterocycles. The highest BCUT2D eigenvalue weighted by Crippen LogP contribution is 2.46. The molecule has 0 amide bonds. The molecule has 5 rings (SSSR count). The van der Waals surface area contributed by atoms with E-state index in [1.165, 1.54) is 11.3 Å². The van der Waals surface area contributed by atoms with E-state index in [1.807, 2.05) is 42.5 Å². The van der Waals surface area contributed by atoms with Gasteiger partial charge in [-0.05, 0) is 42.0 Å². The topological polar surface area (TPSA) is 42.7 Å². The number of para-hydroxylation sites is 1. The molecule has 0 unspecified atom stereocenters. The Morgan fingerprint density at radius 1 is 0.967 bits per heavy atom. The van der Waals surface area contributed by atoms with Crippen LogP contribution in [0.3, 0.4) is 0 Å². The van der Waals surface area contributed by atoms with E-state index in [0.29, 0.717) is 16.4 Å². The second kappa shape index (κ2) is 6.49. The SMILES string of the molecule is COc1ccc2c(=O)/c(=C/C=C3\N(C)c4ccccc4C3(C)C)oc3cccc1c32. The summed E-state index contributed by atoms with van der Waals surface area (Å²) in [6.45, 7) is 4.40. The van der Waals surface area contributed by atoms with Gasteiger partial charge in [-0.1, -0.05) is 44.2 Å². The minimum atomic E-state index is -0.161. The highest BCUT2D eigenvalue weighted by molar-refractivity contribution is 6.09. The molecule has 1 aliphatic heterocycles. The molecule has 0 atom stereocenters. The normalized spacial score (nSPS) is 17.3. The van der Waals surface area contributed by atoms with Crippen molar-refractivity contribution in [2.24, 2.45) is 0 Å². The number of allylic oxidation sites excluding steroid dienone is 2. The highest BCUT2D eigenvalue weighted by Gasteiger charge is 2.37. The Bertz CT molecular complexity index is 1440. The molecular weight excluding hydrogens is 374 g/mol. The third-order valence-electron chi connectivity index (χ3n) is 6.20. The van der Waals surface area contributed by atoms with E-state index in [2.05, 4.69) is 44.0 Å². The van der Waals surface area contributed by atoms with Gasteiger partial charge in [0.15, 0.2) is 5.42 Å². The fourth-order valence-electron chi connectivity index (χ4n) is 4.66. The van der Waals surface area contributed by atoms with Crippen molar-refractivity contribution in [1.82, 2.24) is 0 Å². The number of fused-ring (bicyclic) bond motifs is 1. The van der Waals surface area contributed by atoms with Crippen LogP contribution in [-0.4, -0.2) is 14.2 Å². The third-order valence-corrected chi connectivity index (χ3v) is 6.20. The molecule has 0 saturated heterocycles. The lowest BCUT2D eigenvalue weighted by Gasteiger charge is -2.23. The molecule has 0 spiro atoms. The summed E-state index contributed by atoms with van der Waals surface area (Å²) in [5, 5.41) is 2.32. The van der Waals surface area contributed by atoms with Crippen LogP contribution in [0.4, 0.5) is 5.69 Å². The smallest absolute Gasteiger partial charge is 0.228 e. The van der Waals surface area contributed by atoms with Gasteiger partial charge in [-0.15, -0.1) is 0 Å². The molecular formula is C26H23NO3. The molecule has 0 fully saturated rings. The highest BCUT2D eigenvalue weighted by atomic mass is 16.5. The summed E-state index contributed by atoms with van der Waals surface area (Å²) in [5.41, 5.74) is 4.30. The molecule has 0 N–H and O–H groups in total. The van der Waals surface area contributed by atoms with Gasteiger partial charge >= 0.3 is 0 Å². The van der Waals surface area contributed by atoms with Crippen molar-refractivity contribution in [1.29, 1.82) is 0 Å². The first kappa shape index (κ1) is 18.5. The summed E-state index contributed by atoms with van der Waals surface area (Å²) < 4.78 is 11.5. The van der Waals surface area contributed by atoms with E-state index in [9.17, 15) is 4.79 Å². The molecule has 4 heteroatoms. The lowest BCUT2D eigenvalue weighted by atomic mass is 9.84. The van der Waals surface area contributed by atoms with Gasteiger partial charge in [0.1, 0.15) is 11.3 Å². The Hall–Kier alpha value is -3.53. The van der Waals surface area contributed by atoms with Crippen LogP contribution in [0.5, 0.6) is 5.75 Å². The van der Waals surface area contributed by atoms with E-state index >= 15 is 0 Å². The molecule has 30 heavy (non-hydrogen) atoms. The van der Waals surface area contributed by atoms with Crippen LogP contribution in [0.25, 0.3) is 27.8 Å². The largest absolute Gasteiger partial charge is 0.496 e. The first-order valence-electron chi connectivity index (χ1n) is 10.0. The van der Waals surface area contributed by atoms with E-state index < -0.39 is 0 Å². The standard InChI is InChI=1S/C26H23NO3/c1-26(2)18-9-5-6-10-19(18)27(3)23(26)15-14-22-25(28)17-12-13-20(29-4)16-8-7-11-21(30-22)24(16)17/h5-15H,1-4H3/b22-14-,23-15-. The van der Waals surface area contributed by atoms with Gasteiger partial charge in [-0.3, -0.25) is 4.79 Å². The van der Waals surface area contributed by atoms with Crippen molar-refractivity contribution in [2.75, 3.05) is 19.1 Å². The lowest BCUT2D eigenvalue weighted by molar-refractivity contribution is 0.420. The molecule has 0 aliphatic carbocycles. The fraction of sp³-hybridized carbons (Fsp3) is 0.192. The third kappa shape index (κ3) is 2.50. The van der Waals surface area contributed by atoms with E-state index in [-0.39, 0.29) is 10.8 Å². The van der Waals surface area contributed by atoms with Gasteiger partial charge in [0.2, 0.25) is 5.43 Å². The van der Waals surface area contributed by atoms with Crippen LogP contribution in [-0.2, 0) is 5.41 Å². The zero-order chi connectivity index (χ0) is 21.0. The van der Waals surface area contributed by atoms with Crippen LogP contribution in [0.15, 0.2) is 75.6 Å². The molecule has 4 aromatic rings. The summed E-state index contributed by atoms with van der Waals surface area (Å²) in [7, 11) is 3.69. The summed E-state index contributed by atoms with van der Waals surface area (Å²) in [6.07, 6.45) is 3.80. The van der Waals surface area contributed by atoms with E-state index in [4.69, 9.17) is 9.15 Å². The second-order valence-corrected chi connectivity index (χ2v) is 8.21. The summed E-state index contributed by atoms with van der Waals surface area (Å²) in [5.74, 6) is 0.730.